The number of hydrogen-bond acceptors (Lipinski definition) is 9. The molecule has 0 saturated carbocycles. The van der Waals surface area contributed by atoms with Crippen molar-refractivity contribution in [1.82, 2.24) is 19.1 Å². The molecule has 6 rings (SSSR count). The Morgan fingerprint density at radius 2 is 1.93 bits per heavy atom. The predicted molar refractivity (Wildman–Crippen MR) is 156 cm³/mol. The van der Waals surface area contributed by atoms with Gasteiger partial charge in [-0.05, 0) is 61.0 Å². The minimum Gasteiger partial charge on any atom is -0.454 e. The van der Waals surface area contributed by atoms with Gasteiger partial charge < -0.3 is 24.9 Å². The van der Waals surface area contributed by atoms with Crippen LogP contribution in [0.4, 0.5) is 20.4 Å². The summed E-state index contributed by atoms with van der Waals surface area (Å²) in [6.07, 6.45) is 1.40. The Morgan fingerprint density at radius 3 is 2.69 bits per heavy atom. The van der Waals surface area contributed by atoms with Gasteiger partial charge in [-0.3, -0.25) is 9.74 Å². The van der Waals surface area contributed by atoms with Crippen LogP contribution in [0.25, 0.3) is 16.6 Å². The van der Waals surface area contributed by atoms with Crippen molar-refractivity contribution in [2.75, 3.05) is 36.8 Å². The molecule has 3 aromatic carbocycles. The average Bonchev–Trinajstić information content (AvgIpc) is 3.60. The highest BCUT2D eigenvalue weighted by Gasteiger charge is 2.22. The van der Waals surface area contributed by atoms with Gasteiger partial charge in [0.05, 0.1) is 42.0 Å². The van der Waals surface area contributed by atoms with E-state index in [2.05, 4.69) is 24.1 Å². The summed E-state index contributed by atoms with van der Waals surface area (Å²) < 4.78 is 45.0. The maximum absolute atomic E-state index is 14.0. The number of fused-ring (bicyclic) bond motifs is 1. The number of anilines is 2. The van der Waals surface area contributed by atoms with Crippen LogP contribution < -0.4 is 20.1 Å². The highest BCUT2D eigenvalue weighted by molar-refractivity contribution is 7.98. The monoisotopic (exact) mass is 592 g/mol. The molecular weight excluding hydrogens is 566 g/mol. The highest BCUT2D eigenvalue weighted by atomic mass is 32.2. The molecule has 0 radical (unpaired) electrons. The number of aromatic nitrogens is 3. The van der Waals surface area contributed by atoms with E-state index < -0.39 is 5.82 Å². The molecule has 13 heteroatoms. The standard InChI is InChI=1S/C29H26F2N6O4S/c1-17-12-19(40-26-5-3-2-4-21(26)30)6-7-25(17)37-29(32)20(16-33-37)28(38)24-13-18-14-27(41-31)23(15-22(18)34-24)35-42-36-8-10-39-11-9-36/h2-7,12-16,34-35H,8-11,32H2,1H3. The number of H-pyrrole nitrogens is 1. The van der Waals surface area contributed by atoms with E-state index in [1.54, 1.807) is 48.5 Å². The van der Waals surface area contributed by atoms with Gasteiger partial charge in [-0.15, -0.1) is 0 Å². The Bertz CT molecular complexity index is 1770. The van der Waals surface area contributed by atoms with Crippen LogP contribution in [0, 0.1) is 12.7 Å². The second-order valence-electron chi connectivity index (χ2n) is 9.60. The number of para-hydroxylation sites is 1. The first-order valence-corrected chi connectivity index (χ1v) is 13.8. The summed E-state index contributed by atoms with van der Waals surface area (Å²) in [6.45, 7) is 4.53. The Morgan fingerprint density at radius 1 is 1.12 bits per heavy atom. The second-order valence-corrected chi connectivity index (χ2v) is 10.5. The molecule has 2 aromatic heterocycles. The number of nitrogens with zero attached hydrogens (tertiary/aromatic N) is 3. The van der Waals surface area contributed by atoms with Crippen molar-refractivity contribution < 1.29 is 28.1 Å². The molecule has 1 saturated heterocycles. The molecule has 3 heterocycles. The van der Waals surface area contributed by atoms with E-state index in [0.29, 0.717) is 41.2 Å². The van der Waals surface area contributed by atoms with E-state index in [-0.39, 0.29) is 34.4 Å². The van der Waals surface area contributed by atoms with E-state index in [1.807, 2.05) is 6.92 Å². The molecule has 1 aliphatic heterocycles. The molecule has 1 aliphatic rings. The highest BCUT2D eigenvalue weighted by Crippen LogP contribution is 2.34. The third-order valence-corrected chi connectivity index (χ3v) is 7.75. The van der Waals surface area contributed by atoms with E-state index in [9.17, 15) is 13.7 Å². The fourth-order valence-electron chi connectivity index (χ4n) is 4.63. The summed E-state index contributed by atoms with van der Waals surface area (Å²) in [5.74, 6) is -0.169. The largest absolute Gasteiger partial charge is 0.454 e. The van der Waals surface area contributed by atoms with Crippen LogP contribution in [0.3, 0.4) is 0 Å². The summed E-state index contributed by atoms with van der Waals surface area (Å²) in [6, 6.07) is 16.1. The number of ketones is 1. The van der Waals surface area contributed by atoms with E-state index in [0.717, 1.165) is 18.7 Å². The van der Waals surface area contributed by atoms with Gasteiger partial charge in [0.15, 0.2) is 17.3 Å². The molecule has 0 atom stereocenters. The fraction of sp³-hybridized carbons (Fsp3) is 0.172. The van der Waals surface area contributed by atoms with Crippen molar-refractivity contribution in [2.45, 2.75) is 6.92 Å². The summed E-state index contributed by atoms with van der Waals surface area (Å²) in [7, 11) is 0. The Labute approximate surface area is 243 Å². The van der Waals surface area contributed by atoms with Gasteiger partial charge in [0.1, 0.15) is 11.6 Å². The number of carbonyl (C=O) groups excluding carboxylic acids is 1. The lowest BCUT2D eigenvalue weighted by molar-refractivity contribution is -0.00505. The van der Waals surface area contributed by atoms with Crippen LogP contribution in [-0.2, 0) is 4.74 Å². The van der Waals surface area contributed by atoms with Gasteiger partial charge in [0, 0.05) is 40.7 Å². The van der Waals surface area contributed by atoms with E-state index >= 15 is 0 Å². The van der Waals surface area contributed by atoms with Gasteiger partial charge in [-0.2, -0.15) is 5.10 Å². The predicted octanol–water partition coefficient (Wildman–Crippen LogP) is 5.98. The zero-order valence-electron chi connectivity index (χ0n) is 22.4. The van der Waals surface area contributed by atoms with E-state index in [1.165, 1.54) is 35.1 Å². The molecule has 5 aromatic rings. The Kier molecular flexibility index (Phi) is 7.69. The lowest BCUT2D eigenvalue weighted by Crippen LogP contribution is -2.32. The number of aromatic amines is 1. The van der Waals surface area contributed by atoms with Crippen molar-refractivity contribution in [3.8, 4) is 22.9 Å². The first-order valence-electron chi connectivity index (χ1n) is 13.0. The number of benzene rings is 3. The maximum Gasteiger partial charge on any atom is 0.214 e. The summed E-state index contributed by atoms with van der Waals surface area (Å²) in [4.78, 5) is 20.7. The SMILES string of the molecule is Cc1cc(Oc2ccccc2F)ccc1-n1ncc(C(=O)c2cc3cc(OF)c(NSN4CCOCC4)cc3[nH]2)c1N. The normalized spacial score (nSPS) is 13.8. The average molecular weight is 593 g/mol. The third-order valence-electron chi connectivity index (χ3n) is 6.82. The van der Waals surface area contributed by atoms with Crippen LogP contribution in [0.1, 0.15) is 21.6 Å². The van der Waals surface area contributed by atoms with E-state index in [4.69, 9.17) is 15.2 Å². The number of rotatable bonds is 9. The Hall–Kier alpha value is -4.59. The zero-order chi connectivity index (χ0) is 29.2. The number of morpholine rings is 1. The van der Waals surface area contributed by atoms with Gasteiger partial charge in [-0.1, -0.05) is 12.1 Å². The molecule has 0 aliphatic carbocycles. The molecule has 42 heavy (non-hydrogen) atoms. The van der Waals surface area contributed by atoms with Crippen molar-refractivity contribution in [1.29, 1.82) is 0 Å². The first kappa shape index (κ1) is 27.6. The summed E-state index contributed by atoms with van der Waals surface area (Å²) >= 11 is 1.33. The van der Waals surface area contributed by atoms with Gasteiger partial charge >= 0.3 is 0 Å². The Balaban J connectivity index is 1.22. The topological polar surface area (TPSA) is 120 Å². The van der Waals surface area contributed by atoms with Crippen molar-refractivity contribution in [2.24, 2.45) is 0 Å². The molecule has 216 valence electrons. The molecule has 1 fully saturated rings. The number of carbonyl (C=O) groups is 1. The van der Waals surface area contributed by atoms with Crippen molar-refractivity contribution >= 4 is 40.3 Å². The van der Waals surface area contributed by atoms with Crippen LogP contribution in [-0.4, -0.2) is 51.2 Å². The number of nitrogens with one attached hydrogen (secondary N) is 2. The molecule has 0 spiro atoms. The first-order chi connectivity index (χ1) is 20.4. The minimum atomic E-state index is -0.469. The third kappa shape index (κ3) is 5.49. The van der Waals surface area contributed by atoms with Gasteiger partial charge in [0.25, 0.3) is 0 Å². The number of hydrogen-bond donors (Lipinski definition) is 3. The van der Waals surface area contributed by atoms with Crippen LogP contribution in [0.5, 0.6) is 17.2 Å². The number of ether oxygens (including phenoxy) is 2. The van der Waals surface area contributed by atoms with Crippen LogP contribution in [0.15, 0.2) is 66.9 Å². The molecule has 0 bridgehead atoms. The molecule has 4 N–H and O–H groups in total. The molecule has 0 amide bonds. The molecule has 10 nitrogen and oxygen atoms in total. The fourth-order valence-corrected chi connectivity index (χ4v) is 5.35. The quantitative estimate of drug-likeness (QED) is 0.140. The number of nitrogens with two attached hydrogens (primary N) is 1. The van der Waals surface area contributed by atoms with Crippen LogP contribution in [0.2, 0.25) is 0 Å². The number of halogens is 2. The molecular formula is C29H26F2N6O4S. The second kappa shape index (κ2) is 11.7. The van der Waals surface area contributed by atoms with Crippen molar-refractivity contribution in [3.05, 3.63) is 89.5 Å². The summed E-state index contributed by atoms with van der Waals surface area (Å²) in [5.41, 5.74) is 9.22. The van der Waals surface area contributed by atoms with Crippen molar-refractivity contribution in [3.63, 3.8) is 0 Å². The van der Waals surface area contributed by atoms with Gasteiger partial charge in [-0.25, -0.2) is 13.4 Å². The lowest BCUT2D eigenvalue weighted by Gasteiger charge is -2.25. The maximum atomic E-state index is 14.0. The molecule has 0 unspecified atom stereocenters. The lowest BCUT2D eigenvalue weighted by atomic mass is 10.1. The van der Waals surface area contributed by atoms with Crippen LogP contribution >= 0.6 is 12.1 Å². The number of aryl methyl sites for hydroxylation is 1. The zero-order valence-corrected chi connectivity index (χ0v) is 23.2. The number of nitrogen functional groups attached to an aromatic ring is 1. The summed E-state index contributed by atoms with van der Waals surface area (Å²) in [5, 5.41) is 4.93. The smallest absolute Gasteiger partial charge is 0.214 e. The minimum absolute atomic E-state index is 0.00787. The van der Waals surface area contributed by atoms with Gasteiger partial charge in [0.2, 0.25) is 5.78 Å².